The molecule has 0 fully saturated rings. The maximum atomic E-state index is 12.9. The van der Waals surface area contributed by atoms with E-state index in [1.165, 1.54) is 0 Å². The summed E-state index contributed by atoms with van der Waals surface area (Å²) in [5.41, 5.74) is 2.23. The molecule has 26 heavy (non-hydrogen) atoms. The average molecular weight is 378 g/mol. The molecule has 0 aliphatic carbocycles. The number of hydrogen-bond acceptors (Lipinski definition) is 4. The third-order valence-corrected chi connectivity index (χ3v) is 6.23. The molecule has 6 nitrogen and oxygen atoms in total. The topological polar surface area (TPSA) is 77.4 Å². The molecule has 0 radical (unpaired) electrons. The predicted molar refractivity (Wildman–Crippen MR) is 101 cm³/mol. The second-order valence-electron chi connectivity index (χ2n) is 6.33. The van der Waals surface area contributed by atoms with Crippen LogP contribution in [0.15, 0.2) is 35.2 Å². The van der Waals surface area contributed by atoms with E-state index in [9.17, 15) is 13.2 Å². The lowest BCUT2D eigenvalue weighted by Gasteiger charge is -2.14. The second kappa shape index (κ2) is 8.05. The summed E-state index contributed by atoms with van der Waals surface area (Å²) in [7, 11) is -2.09. The van der Waals surface area contributed by atoms with Crippen molar-refractivity contribution in [1.82, 2.24) is 9.29 Å². The highest BCUT2D eigenvalue weighted by atomic mass is 32.2. The Kier molecular flexibility index (Phi) is 6.26. The van der Waals surface area contributed by atoms with Crippen molar-refractivity contribution in [3.05, 3.63) is 52.8 Å². The molecule has 0 aliphatic rings. The van der Waals surface area contributed by atoms with Crippen LogP contribution in [0.5, 0.6) is 0 Å². The maximum Gasteiger partial charge on any atom is 0.355 e. The minimum atomic E-state index is -3.75. The van der Waals surface area contributed by atoms with Crippen molar-refractivity contribution < 1.29 is 17.9 Å². The van der Waals surface area contributed by atoms with Crippen LogP contribution in [0, 0.1) is 13.8 Å². The first kappa shape index (κ1) is 20.2. The molecule has 0 unspecified atom stereocenters. The second-order valence-corrected chi connectivity index (χ2v) is 8.04. The van der Waals surface area contributed by atoms with Crippen LogP contribution in [-0.2, 0) is 21.8 Å². The smallest absolute Gasteiger partial charge is 0.355 e. The lowest BCUT2D eigenvalue weighted by molar-refractivity contribution is 0.0514. The SMILES string of the molecule is CCOC(=O)c1c(C)c(S(=O)(=O)NC[C@@H](C)c2ccccc2)c(C)n1C. The van der Waals surface area contributed by atoms with Gasteiger partial charge in [-0.05, 0) is 32.3 Å². The Morgan fingerprint density at radius 1 is 1.23 bits per heavy atom. The van der Waals surface area contributed by atoms with Gasteiger partial charge in [0.1, 0.15) is 10.6 Å². The third kappa shape index (κ3) is 3.99. The molecule has 2 rings (SSSR count). The third-order valence-electron chi connectivity index (χ3n) is 4.55. The monoisotopic (exact) mass is 378 g/mol. The first-order valence-corrected chi connectivity index (χ1v) is 10.1. The molecule has 0 saturated carbocycles. The van der Waals surface area contributed by atoms with Crippen molar-refractivity contribution in [2.45, 2.75) is 38.5 Å². The number of nitrogens with zero attached hydrogens (tertiary/aromatic N) is 1. The van der Waals surface area contributed by atoms with E-state index in [0.717, 1.165) is 5.56 Å². The minimum absolute atomic E-state index is 0.0276. The van der Waals surface area contributed by atoms with E-state index in [-0.39, 0.29) is 29.7 Å². The van der Waals surface area contributed by atoms with Crippen molar-refractivity contribution in [2.75, 3.05) is 13.2 Å². The zero-order chi connectivity index (χ0) is 19.5. The van der Waals surface area contributed by atoms with Crippen LogP contribution in [0.1, 0.15) is 47.1 Å². The van der Waals surface area contributed by atoms with E-state index in [0.29, 0.717) is 11.3 Å². The van der Waals surface area contributed by atoms with Gasteiger partial charge in [0.25, 0.3) is 0 Å². The fraction of sp³-hybridized carbons (Fsp3) is 0.421. The van der Waals surface area contributed by atoms with Gasteiger partial charge in [-0.2, -0.15) is 0 Å². The summed E-state index contributed by atoms with van der Waals surface area (Å²) in [4.78, 5) is 12.3. The standard InChI is InChI=1S/C19H26N2O4S/c1-6-25-19(22)17-14(3)18(15(4)21(17)5)26(23,24)20-12-13(2)16-10-8-7-9-11-16/h7-11,13,20H,6,12H2,1-5H3/t13-/m1/s1. The van der Waals surface area contributed by atoms with Crippen LogP contribution in [0.4, 0.5) is 0 Å². The molecular weight excluding hydrogens is 352 g/mol. The van der Waals surface area contributed by atoms with Crippen molar-refractivity contribution >= 4 is 16.0 Å². The average Bonchev–Trinajstić information content (AvgIpc) is 2.83. The molecule has 1 heterocycles. The van der Waals surface area contributed by atoms with E-state index < -0.39 is 16.0 Å². The fourth-order valence-electron chi connectivity index (χ4n) is 3.04. The molecule has 1 aromatic carbocycles. The molecule has 1 N–H and O–H groups in total. The number of carbonyl (C=O) groups is 1. The quantitative estimate of drug-likeness (QED) is 0.752. The summed E-state index contributed by atoms with van der Waals surface area (Å²) in [6.45, 7) is 7.51. The number of sulfonamides is 1. The highest BCUT2D eigenvalue weighted by Gasteiger charge is 2.29. The Bertz CT molecular complexity index is 886. The van der Waals surface area contributed by atoms with Crippen LogP contribution in [0.2, 0.25) is 0 Å². The Balaban J connectivity index is 2.29. The number of hydrogen-bond donors (Lipinski definition) is 1. The van der Waals surface area contributed by atoms with Crippen molar-refractivity contribution in [3.8, 4) is 0 Å². The number of esters is 1. The Hall–Kier alpha value is -2.12. The van der Waals surface area contributed by atoms with Gasteiger partial charge in [-0.25, -0.2) is 17.9 Å². The molecule has 0 saturated heterocycles. The minimum Gasteiger partial charge on any atom is -0.461 e. The summed E-state index contributed by atoms with van der Waals surface area (Å²) in [6, 6.07) is 9.72. The molecule has 7 heteroatoms. The molecule has 0 spiro atoms. The molecule has 142 valence electrons. The van der Waals surface area contributed by atoms with Crippen LogP contribution in [0.3, 0.4) is 0 Å². The number of ether oxygens (including phenoxy) is 1. The first-order valence-electron chi connectivity index (χ1n) is 8.58. The van der Waals surface area contributed by atoms with Gasteiger partial charge in [0.2, 0.25) is 10.0 Å². The highest BCUT2D eigenvalue weighted by Crippen LogP contribution is 2.26. The van der Waals surface area contributed by atoms with Crippen LogP contribution < -0.4 is 4.72 Å². The normalized spacial score (nSPS) is 12.8. The molecule has 1 aromatic heterocycles. The van der Waals surface area contributed by atoms with E-state index in [1.807, 2.05) is 37.3 Å². The number of aromatic nitrogens is 1. The molecular formula is C19H26N2O4S. The zero-order valence-corrected chi connectivity index (χ0v) is 16.7. The van der Waals surface area contributed by atoms with Crippen LogP contribution in [0.25, 0.3) is 0 Å². The van der Waals surface area contributed by atoms with Gasteiger partial charge in [-0.1, -0.05) is 37.3 Å². The molecule has 2 aromatic rings. The lowest BCUT2D eigenvalue weighted by Crippen LogP contribution is -2.28. The van der Waals surface area contributed by atoms with Gasteiger partial charge in [0, 0.05) is 24.8 Å². The molecule has 0 amide bonds. The van der Waals surface area contributed by atoms with Crippen molar-refractivity contribution in [2.24, 2.45) is 7.05 Å². The first-order chi connectivity index (χ1) is 12.2. The van der Waals surface area contributed by atoms with E-state index >= 15 is 0 Å². The van der Waals surface area contributed by atoms with Crippen LogP contribution >= 0.6 is 0 Å². The Morgan fingerprint density at radius 2 is 1.85 bits per heavy atom. The van der Waals surface area contributed by atoms with Gasteiger partial charge >= 0.3 is 5.97 Å². The highest BCUT2D eigenvalue weighted by molar-refractivity contribution is 7.89. The number of carbonyl (C=O) groups excluding carboxylic acids is 1. The zero-order valence-electron chi connectivity index (χ0n) is 15.9. The van der Waals surface area contributed by atoms with Crippen molar-refractivity contribution in [1.29, 1.82) is 0 Å². The maximum absolute atomic E-state index is 12.9. The van der Waals surface area contributed by atoms with Crippen LogP contribution in [-0.4, -0.2) is 32.1 Å². The molecule has 1 atom stereocenters. The molecule has 0 aliphatic heterocycles. The largest absolute Gasteiger partial charge is 0.461 e. The number of nitrogens with one attached hydrogen (secondary N) is 1. The lowest BCUT2D eigenvalue weighted by atomic mass is 10.0. The summed E-state index contributed by atoms with van der Waals surface area (Å²) >= 11 is 0. The summed E-state index contributed by atoms with van der Waals surface area (Å²) in [6.07, 6.45) is 0. The van der Waals surface area contributed by atoms with Gasteiger partial charge in [0.05, 0.1) is 6.61 Å². The summed E-state index contributed by atoms with van der Waals surface area (Å²) < 4.78 is 35.1. The van der Waals surface area contributed by atoms with E-state index in [2.05, 4.69) is 4.72 Å². The Labute approximate surface area is 155 Å². The van der Waals surface area contributed by atoms with Gasteiger partial charge in [0.15, 0.2) is 0 Å². The summed E-state index contributed by atoms with van der Waals surface area (Å²) in [5, 5.41) is 0. The number of benzene rings is 1. The predicted octanol–water partition coefficient (Wildman–Crippen LogP) is 2.90. The summed E-state index contributed by atoms with van der Waals surface area (Å²) in [5.74, 6) is -0.491. The number of rotatable bonds is 7. The van der Waals surface area contributed by atoms with Gasteiger partial charge < -0.3 is 9.30 Å². The fourth-order valence-corrected chi connectivity index (χ4v) is 4.68. The Morgan fingerprint density at radius 3 is 2.42 bits per heavy atom. The van der Waals surface area contributed by atoms with Gasteiger partial charge in [-0.15, -0.1) is 0 Å². The van der Waals surface area contributed by atoms with E-state index in [1.54, 1.807) is 32.4 Å². The van der Waals surface area contributed by atoms with Crippen molar-refractivity contribution in [3.63, 3.8) is 0 Å². The molecule has 0 bridgehead atoms. The van der Waals surface area contributed by atoms with E-state index in [4.69, 9.17) is 4.74 Å². The van der Waals surface area contributed by atoms with Gasteiger partial charge in [-0.3, -0.25) is 0 Å².